The van der Waals surface area contributed by atoms with Crippen LogP contribution in [-0.2, 0) is 4.79 Å². The zero-order valence-electron chi connectivity index (χ0n) is 9.71. The molecule has 2 N–H and O–H groups in total. The average molecular weight is 198 g/mol. The van der Waals surface area contributed by atoms with Gasteiger partial charge < -0.3 is 10.6 Å². The van der Waals surface area contributed by atoms with Gasteiger partial charge in [0.1, 0.15) is 0 Å². The average Bonchev–Trinajstić information content (AvgIpc) is 2.00. The fraction of sp³-hybridized carbons (Fsp3) is 0.727. The first-order valence-electron chi connectivity index (χ1n) is 4.99. The van der Waals surface area contributed by atoms with Crippen LogP contribution in [0.4, 0.5) is 0 Å². The van der Waals surface area contributed by atoms with Crippen molar-refractivity contribution in [2.45, 2.75) is 33.2 Å². The second kappa shape index (κ2) is 5.81. The molecule has 0 aromatic carbocycles. The molecule has 3 nitrogen and oxygen atoms in total. The zero-order valence-corrected chi connectivity index (χ0v) is 9.71. The van der Waals surface area contributed by atoms with Gasteiger partial charge in [0.15, 0.2) is 0 Å². The highest BCUT2D eigenvalue weighted by Gasteiger charge is 2.18. The Balaban J connectivity index is 4.10. The van der Waals surface area contributed by atoms with E-state index in [0.717, 1.165) is 12.0 Å². The maximum Gasteiger partial charge on any atom is 0.239 e. The van der Waals surface area contributed by atoms with E-state index in [9.17, 15) is 4.79 Å². The van der Waals surface area contributed by atoms with Gasteiger partial charge >= 0.3 is 0 Å². The van der Waals surface area contributed by atoms with Gasteiger partial charge in [-0.05, 0) is 19.3 Å². The molecule has 1 amide bonds. The van der Waals surface area contributed by atoms with Crippen LogP contribution < -0.4 is 5.73 Å². The van der Waals surface area contributed by atoms with Gasteiger partial charge in [0.25, 0.3) is 0 Å². The molecule has 82 valence electrons. The van der Waals surface area contributed by atoms with Crippen molar-refractivity contribution in [3.8, 4) is 0 Å². The van der Waals surface area contributed by atoms with Crippen LogP contribution in [0.3, 0.4) is 0 Å². The quantitative estimate of drug-likeness (QED) is 0.679. The maximum absolute atomic E-state index is 11.7. The molecule has 0 aromatic heterocycles. The maximum atomic E-state index is 11.7. The van der Waals surface area contributed by atoms with Gasteiger partial charge in [-0.1, -0.05) is 26.0 Å². The number of rotatable bonds is 5. The topological polar surface area (TPSA) is 46.3 Å². The predicted octanol–water partition coefficient (Wildman–Crippen LogP) is 1.39. The summed E-state index contributed by atoms with van der Waals surface area (Å²) in [6.07, 6.45) is 0.735. The molecule has 0 aromatic rings. The lowest BCUT2D eigenvalue weighted by Gasteiger charge is -2.22. The Morgan fingerprint density at radius 2 is 2.00 bits per heavy atom. The summed E-state index contributed by atoms with van der Waals surface area (Å²) in [5.74, 6) is 0.453. The van der Waals surface area contributed by atoms with Gasteiger partial charge in [0.2, 0.25) is 5.91 Å². The first-order chi connectivity index (χ1) is 6.34. The minimum atomic E-state index is -0.376. The van der Waals surface area contributed by atoms with Crippen LogP contribution in [0.1, 0.15) is 27.2 Å². The molecule has 0 aliphatic carbocycles. The highest BCUT2D eigenvalue weighted by molar-refractivity contribution is 5.81. The van der Waals surface area contributed by atoms with E-state index in [1.54, 1.807) is 11.9 Å². The van der Waals surface area contributed by atoms with E-state index < -0.39 is 0 Å². The summed E-state index contributed by atoms with van der Waals surface area (Å²) in [6.45, 7) is 10.4. The third-order valence-corrected chi connectivity index (χ3v) is 1.93. The van der Waals surface area contributed by atoms with E-state index in [0.29, 0.717) is 12.5 Å². The van der Waals surface area contributed by atoms with Gasteiger partial charge in [0, 0.05) is 13.6 Å². The Bertz CT molecular complexity index is 211. The van der Waals surface area contributed by atoms with Crippen molar-refractivity contribution in [1.82, 2.24) is 4.90 Å². The molecule has 0 unspecified atom stereocenters. The Morgan fingerprint density at radius 1 is 1.50 bits per heavy atom. The van der Waals surface area contributed by atoms with E-state index >= 15 is 0 Å². The molecule has 14 heavy (non-hydrogen) atoms. The molecular formula is C11H22N2O. The molecule has 0 saturated heterocycles. The number of hydrogen-bond acceptors (Lipinski definition) is 2. The molecule has 0 radical (unpaired) electrons. The van der Waals surface area contributed by atoms with E-state index in [1.807, 2.05) is 6.92 Å². The summed E-state index contributed by atoms with van der Waals surface area (Å²) < 4.78 is 0. The van der Waals surface area contributed by atoms with E-state index in [-0.39, 0.29) is 11.9 Å². The lowest BCUT2D eigenvalue weighted by atomic mass is 10.0. The van der Waals surface area contributed by atoms with Gasteiger partial charge in [-0.15, -0.1) is 0 Å². The van der Waals surface area contributed by atoms with Crippen molar-refractivity contribution in [2.75, 3.05) is 13.6 Å². The van der Waals surface area contributed by atoms with Gasteiger partial charge in [0.05, 0.1) is 6.04 Å². The van der Waals surface area contributed by atoms with Crippen molar-refractivity contribution >= 4 is 5.91 Å². The summed E-state index contributed by atoms with van der Waals surface area (Å²) in [5.41, 5.74) is 6.74. The van der Waals surface area contributed by atoms with Gasteiger partial charge in [-0.25, -0.2) is 0 Å². The smallest absolute Gasteiger partial charge is 0.239 e. The first-order valence-corrected chi connectivity index (χ1v) is 4.99. The lowest BCUT2D eigenvalue weighted by Crippen LogP contribution is -2.42. The SMILES string of the molecule is C=C(C)CN(C)C(=O)[C@H](N)CC(C)C. The second-order valence-corrected chi connectivity index (χ2v) is 4.39. The lowest BCUT2D eigenvalue weighted by molar-refractivity contribution is -0.131. The summed E-state index contributed by atoms with van der Waals surface area (Å²) in [4.78, 5) is 13.3. The van der Waals surface area contributed by atoms with Crippen molar-refractivity contribution < 1.29 is 4.79 Å². The molecule has 0 spiro atoms. The molecular weight excluding hydrogens is 176 g/mol. The molecule has 0 saturated carbocycles. The van der Waals surface area contributed by atoms with Crippen molar-refractivity contribution in [2.24, 2.45) is 11.7 Å². The summed E-state index contributed by atoms with van der Waals surface area (Å²) >= 11 is 0. The molecule has 0 bridgehead atoms. The number of nitrogens with two attached hydrogens (primary N) is 1. The number of nitrogens with zero attached hydrogens (tertiary/aromatic N) is 1. The van der Waals surface area contributed by atoms with Crippen LogP contribution in [-0.4, -0.2) is 30.4 Å². The highest BCUT2D eigenvalue weighted by atomic mass is 16.2. The van der Waals surface area contributed by atoms with E-state index in [2.05, 4.69) is 20.4 Å². The fourth-order valence-electron chi connectivity index (χ4n) is 1.37. The van der Waals surface area contributed by atoms with Crippen LogP contribution in [0.25, 0.3) is 0 Å². The van der Waals surface area contributed by atoms with Gasteiger partial charge in [-0.3, -0.25) is 4.79 Å². The van der Waals surface area contributed by atoms with E-state index in [1.165, 1.54) is 0 Å². The molecule has 0 aliphatic heterocycles. The molecule has 0 heterocycles. The minimum absolute atomic E-state index is 0.00157. The molecule has 0 aliphatic rings. The Labute approximate surface area is 87.0 Å². The van der Waals surface area contributed by atoms with Crippen LogP contribution >= 0.6 is 0 Å². The first kappa shape index (κ1) is 13.2. The van der Waals surface area contributed by atoms with Gasteiger partial charge in [-0.2, -0.15) is 0 Å². The number of hydrogen-bond donors (Lipinski definition) is 1. The van der Waals surface area contributed by atoms with E-state index in [4.69, 9.17) is 5.73 Å². The summed E-state index contributed by atoms with van der Waals surface area (Å²) in [5, 5.41) is 0. The monoisotopic (exact) mass is 198 g/mol. The third kappa shape index (κ3) is 5.02. The predicted molar refractivity (Wildman–Crippen MR) is 59.9 cm³/mol. The minimum Gasteiger partial charge on any atom is -0.340 e. The highest BCUT2D eigenvalue weighted by Crippen LogP contribution is 2.05. The summed E-state index contributed by atoms with van der Waals surface area (Å²) in [7, 11) is 1.76. The van der Waals surface area contributed by atoms with Crippen LogP contribution in [0.2, 0.25) is 0 Å². The van der Waals surface area contributed by atoms with Crippen LogP contribution in [0, 0.1) is 5.92 Å². The largest absolute Gasteiger partial charge is 0.340 e. The van der Waals surface area contributed by atoms with Crippen LogP contribution in [0.15, 0.2) is 12.2 Å². The zero-order chi connectivity index (χ0) is 11.3. The number of likely N-dealkylation sites (N-methyl/N-ethyl adjacent to an activating group) is 1. The number of carbonyl (C=O) groups is 1. The Hall–Kier alpha value is -0.830. The van der Waals surface area contributed by atoms with Crippen molar-refractivity contribution in [1.29, 1.82) is 0 Å². The summed E-state index contributed by atoms with van der Waals surface area (Å²) in [6, 6.07) is -0.376. The van der Waals surface area contributed by atoms with Crippen molar-refractivity contribution in [3.05, 3.63) is 12.2 Å². The number of carbonyl (C=O) groups excluding carboxylic acids is 1. The van der Waals surface area contributed by atoms with Crippen molar-refractivity contribution in [3.63, 3.8) is 0 Å². The standard InChI is InChI=1S/C11H22N2O/c1-8(2)6-10(12)11(14)13(5)7-9(3)4/h8,10H,3,6-7,12H2,1-2,4-5H3/t10-/m1/s1. The Morgan fingerprint density at radius 3 is 2.36 bits per heavy atom. The third-order valence-electron chi connectivity index (χ3n) is 1.93. The molecule has 0 rings (SSSR count). The Kier molecular flexibility index (Phi) is 5.46. The molecule has 0 fully saturated rings. The molecule has 3 heteroatoms. The number of amides is 1. The fourth-order valence-corrected chi connectivity index (χ4v) is 1.37. The second-order valence-electron chi connectivity index (χ2n) is 4.39. The molecule has 1 atom stereocenters. The van der Waals surface area contributed by atoms with Crippen LogP contribution in [0.5, 0.6) is 0 Å². The normalized spacial score (nSPS) is 12.7.